The standard InChI is InChI=1S/C23H31N3O2S/c1-15-7-9-17(10-8-15)26-21(27)19-13-20-18(11-12-29-20)25(19)14-23(26,2)22(28)24-16-5-3-4-6-16/h11-13,15-17H,3-10,14H2,1-2H3,(H,24,28). The lowest BCUT2D eigenvalue weighted by molar-refractivity contribution is -0.135. The largest absolute Gasteiger partial charge is 0.351 e. The molecule has 1 aliphatic heterocycles. The van der Waals surface area contributed by atoms with Crippen LogP contribution in [0.5, 0.6) is 0 Å². The molecule has 2 fully saturated rings. The zero-order valence-electron chi connectivity index (χ0n) is 17.4. The third-order valence-electron chi connectivity index (χ3n) is 7.49. The van der Waals surface area contributed by atoms with Gasteiger partial charge in [-0.15, -0.1) is 11.3 Å². The van der Waals surface area contributed by atoms with E-state index in [0.29, 0.717) is 12.5 Å². The smallest absolute Gasteiger partial charge is 0.271 e. The monoisotopic (exact) mass is 413 g/mol. The Balaban J connectivity index is 1.54. The Morgan fingerprint density at radius 1 is 1.17 bits per heavy atom. The molecule has 1 unspecified atom stereocenters. The fourth-order valence-electron chi connectivity index (χ4n) is 5.72. The van der Waals surface area contributed by atoms with Crippen molar-refractivity contribution in [3.05, 3.63) is 23.2 Å². The second-order valence-electron chi connectivity index (χ2n) is 9.60. The lowest BCUT2D eigenvalue weighted by Crippen LogP contribution is -2.67. The van der Waals surface area contributed by atoms with Crippen molar-refractivity contribution in [3.8, 4) is 0 Å². The van der Waals surface area contributed by atoms with Gasteiger partial charge in [-0.25, -0.2) is 0 Å². The second-order valence-corrected chi connectivity index (χ2v) is 10.6. The summed E-state index contributed by atoms with van der Waals surface area (Å²) in [7, 11) is 0. The summed E-state index contributed by atoms with van der Waals surface area (Å²) in [5.41, 5.74) is 0.984. The molecule has 0 saturated heterocycles. The fourth-order valence-corrected chi connectivity index (χ4v) is 6.54. The summed E-state index contributed by atoms with van der Waals surface area (Å²) in [6.07, 6.45) is 8.73. The summed E-state index contributed by atoms with van der Waals surface area (Å²) in [6.45, 7) is 4.83. The van der Waals surface area contributed by atoms with Gasteiger partial charge in [-0.05, 0) is 68.9 Å². The van der Waals surface area contributed by atoms with E-state index in [9.17, 15) is 9.59 Å². The topological polar surface area (TPSA) is 54.3 Å². The number of rotatable bonds is 3. The average Bonchev–Trinajstić information content (AvgIpc) is 3.42. The Bertz CT molecular complexity index is 933. The summed E-state index contributed by atoms with van der Waals surface area (Å²) >= 11 is 1.66. The van der Waals surface area contributed by atoms with Crippen LogP contribution in [0.15, 0.2) is 17.5 Å². The number of carbonyl (C=O) groups excluding carboxylic acids is 2. The molecule has 156 valence electrons. The number of amides is 2. The Kier molecular flexibility index (Phi) is 4.72. The number of hydrogen-bond acceptors (Lipinski definition) is 3. The summed E-state index contributed by atoms with van der Waals surface area (Å²) < 4.78 is 3.22. The number of nitrogens with one attached hydrogen (secondary N) is 1. The van der Waals surface area contributed by atoms with Crippen LogP contribution in [-0.2, 0) is 11.3 Å². The third kappa shape index (κ3) is 3.11. The van der Waals surface area contributed by atoms with Crippen LogP contribution < -0.4 is 5.32 Å². The summed E-state index contributed by atoms with van der Waals surface area (Å²) in [5.74, 6) is 0.765. The highest BCUT2D eigenvalue weighted by Gasteiger charge is 2.51. The summed E-state index contributed by atoms with van der Waals surface area (Å²) in [5, 5.41) is 5.37. The van der Waals surface area contributed by atoms with Crippen molar-refractivity contribution in [1.29, 1.82) is 0 Å². The number of hydrogen-bond donors (Lipinski definition) is 1. The molecule has 2 aromatic heterocycles. The van der Waals surface area contributed by atoms with Gasteiger partial charge in [0.2, 0.25) is 5.91 Å². The van der Waals surface area contributed by atoms with Gasteiger partial charge in [-0.1, -0.05) is 19.8 Å². The Labute approximate surface area is 176 Å². The van der Waals surface area contributed by atoms with Crippen molar-refractivity contribution in [2.45, 2.75) is 89.4 Å². The third-order valence-corrected chi connectivity index (χ3v) is 8.34. The highest BCUT2D eigenvalue weighted by molar-refractivity contribution is 7.17. The Morgan fingerprint density at radius 3 is 2.62 bits per heavy atom. The highest BCUT2D eigenvalue weighted by atomic mass is 32.1. The van der Waals surface area contributed by atoms with Crippen LogP contribution in [0.3, 0.4) is 0 Å². The molecule has 0 radical (unpaired) electrons. The van der Waals surface area contributed by atoms with Gasteiger partial charge in [0, 0.05) is 12.1 Å². The average molecular weight is 414 g/mol. The van der Waals surface area contributed by atoms with Gasteiger partial charge in [-0.2, -0.15) is 0 Å². The summed E-state index contributed by atoms with van der Waals surface area (Å²) in [6, 6.07) is 4.51. The number of aromatic nitrogens is 1. The molecular weight excluding hydrogens is 382 g/mol. The molecule has 3 heterocycles. The predicted molar refractivity (Wildman–Crippen MR) is 116 cm³/mol. The van der Waals surface area contributed by atoms with E-state index in [0.717, 1.165) is 54.4 Å². The first-order chi connectivity index (χ1) is 14.0. The van der Waals surface area contributed by atoms with Crippen LogP contribution >= 0.6 is 11.3 Å². The van der Waals surface area contributed by atoms with Gasteiger partial charge < -0.3 is 14.8 Å². The molecule has 1 atom stereocenters. The first-order valence-electron chi connectivity index (χ1n) is 11.2. The zero-order chi connectivity index (χ0) is 20.2. The molecule has 0 bridgehead atoms. The molecule has 0 spiro atoms. The van der Waals surface area contributed by atoms with E-state index in [1.807, 2.05) is 17.9 Å². The van der Waals surface area contributed by atoms with E-state index in [1.165, 1.54) is 12.8 Å². The lowest BCUT2D eigenvalue weighted by atomic mass is 9.82. The quantitative estimate of drug-likeness (QED) is 0.802. The van der Waals surface area contributed by atoms with Crippen LogP contribution in [0.2, 0.25) is 0 Å². The minimum absolute atomic E-state index is 0.0269. The minimum atomic E-state index is -0.841. The number of carbonyl (C=O) groups is 2. The molecule has 3 aliphatic rings. The van der Waals surface area contributed by atoms with Gasteiger partial charge in [0.25, 0.3) is 5.91 Å². The van der Waals surface area contributed by atoms with Crippen molar-refractivity contribution in [1.82, 2.24) is 14.8 Å². The van der Waals surface area contributed by atoms with Crippen molar-refractivity contribution in [2.24, 2.45) is 5.92 Å². The van der Waals surface area contributed by atoms with Crippen LogP contribution in [0.4, 0.5) is 0 Å². The van der Waals surface area contributed by atoms with Crippen LogP contribution in [0, 0.1) is 5.92 Å². The number of nitrogens with zero attached hydrogens (tertiary/aromatic N) is 2. The SMILES string of the molecule is CC1CCC(N2C(=O)c3cc4sccc4n3CC2(C)C(=O)NC2CCCC2)CC1. The Hall–Kier alpha value is -1.82. The minimum Gasteiger partial charge on any atom is -0.351 e. The fraction of sp³-hybridized carbons (Fsp3) is 0.652. The molecule has 2 amide bonds. The van der Waals surface area contributed by atoms with E-state index in [2.05, 4.69) is 28.3 Å². The first kappa shape index (κ1) is 19.2. The van der Waals surface area contributed by atoms with E-state index in [-0.39, 0.29) is 23.9 Å². The normalized spacial score (nSPS) is 30.7. The lowest BCUT2D eigenvalue weighted by Gasteiger charge is -2.49. The highest BCUT2D eigenvalue weighted by Crippen LogP contribution is 2.39. The van der Waals surface area contributed by atoms with Crippen molar-refractivity contribution in [3.63, 3.8) is 0 Å². The van der Waals surface area contributed by atoms with Crippen LogP contribution in [0.25, 0.3) is 10.2 Å². The number of fused-ring (bicyclic) bond motifs is 3. The molecular formula is C23H31N3O2S. The molecule has 0 aromatic carbocycles. The Morgan fingerprint density at radius 2 is 1.90 bits per heavy atom. The van der Waals surface area contributed by atoms with Crippen molar-refractivity contribution >= 4 is 33.4 Å². The molecule has 2 aliphatic carbocycles. The maximum atomic E-state index is 13.8. The maximum Gasteiger partial charge on any atom is 0.271 e. The van der Waals surface area contributed by atoms with Crippen LogP contribution in [0.1, 0.15) is 75.7 Å². The van der Waals surface area contributed by atoms with E-state index in [1.54, 1.807) is 11.3 Å². The summed E-state index contributed by atoms with van der Waals surface area (Å²) in [4.78, 5) is 29.4. The van der Waals surface area contributed by atoms with Gasteiger partial charge in [-0.3, -0.25) is 9.59 Å². The van der Waals surface area contributed by atoms with E-state index >= 15 is 0 Å². The van der Waals surface area contributed by atoms with Gasteiger partial charge in [0.1, 0.15) is 11.2 Å². The predicted octanol–water partition coefficient (Wildman–Crippen LogP) is 4.55. The molecule has 1 N–H and O–H groups in total. The molecule has 5 rings (SSSR count). The first-order valence-corrected chi connectivity index (χ1v) is 12.1. The molecule has 2 saturated carbocycles. The molecule has 6 heteroatoms. The van der Waals surface area contributed by atoms with E-state index in [4.69, 9.17) is 0 Å². The van der Waals surface area contributed by atoms with Gasteiger partial charge in [0.15, 0.2) is 0 Å². The molecule has 29 heavy (non-hydrogen) atoms. The molecule has 2 aromatic rings. The van der Waals surface area contributed by atoms with Gasteiger partial charge >= 0.3 is 0 Å². The second kappa shape index (κ2) is 7.15. The van der Waals surface area contributed by atoms with Gasteiger partial charge in [0.05, 0.1) is 16.8 Å². The molecule has 5 nitrogen and oxygen atoms in total. The van der Waals surface area contributed by atoms with Crippen LogP contribution in [-0.4, -0.2) is 38.9 Å². The van der Waals surface area contributed by atoms with Crippen molar-refractivity contribution in [2.75, 3.05) is 0 Å². The van der Waals surface area contributed by atoms with E-state index < -0.39 is 5.54 Å². The zero-order valence-corrected chi connectivity index (χ0v) is 18.3. The maximum absolute atomic E-state index is 13.8. The van der Waals surface area contributed by atoms with Crippen molar-refractivity contribution < 1.29 is 9.59 Å². The number of thiophene rings is 1.